The first-order valence-corrected chi connectivity index (χ1v) is 13.7. The van der Waals surface area contributed by atoms with Gasteiger partial charge in [0.25, 0.3) is 0 Å². The minimum atomic E-state index is 0.628. The van der Waals surface area contributed by atoms with E-state index in [1.54, 1.807) is 0 Å². The van der Waals surface area contributed by atoms with Crippen LogP contribution in [0.4, 0.5) is 0 Å². The van der Waals surface area contributed by atoms with Gasteiger partial charge in [-0.25, -0.2) is 0 Å². The lowest BCUT2D eigenvalue weighted by molar-refractivity contribution is 0.669. The highest BCUT2D eigenvalue weighted by molar-refractivity contribution is 6.10. The largest absolute Gasteiger partial charge is 0.456 e. The number of fused-ring (bicyclic) bond motifs is 6. The molecule has 0 radical (unpaired) electrons. The third kappa shape index (κ3) is 3.68. The van der Waals surface area contributed by atoms with E-state index in [2.05, 4.69) is 65.2 Å². The molecular formula is C38H21N3O. The Kier molecular flexibility index (Phi) is 5.22. The van der Waals surface area contributed by atoms with E-state index >= 15 is 0 Å². The zero-order chi connectivity index (χ0) is 28.2. The molecule has 0 aliphatic carbocycles. The molecule has 0 aliphatic rings. The molecule has 0 N–H and O–H groups in total. The average Bonchev–Trinajstić information content (AvgIpc) is 3.59. The van der Waals surface area contributed by atoms with Gasteiger partial charge in [0, 0.05) is 27.2 Å². The van der Waals surface area contributed by atoms with Gasteiger partial charge in [0.15, 0.2) is 0 Å². The lowest BCUT2D eigenvalue weighted by atomic mass is 9.96. The zero-order valence-electron chi connectivity index (χ0n) is 22.4. The van der Waals surface area contributed by atoms with Gasteiger partial charge in [-0.15, -0.1) is 0 Å². The van der Waals surface area contributed by atoms with Crippen LogP contribution in [0.3, 0.4) is 0 Å². The summed E-state index contributed by atoms with van der Waals surface area (Å²) in [5.74, 6) is 0. The Bertz CT molecular complexity index is 2430. The molecule has 0 atom stereocenters. The van der Waals surface area contributed by atoms with Gasteiger partial charge in [-0.05, 0) is 95.1 Å². The Labute approximate surface area is 241 Å². The summed E-state index contributed by atoms with van der Waals surface area (Å²) < 4.78 is 8.37. The topological polar surface area (TPSA) is 65.7 Å². The normalized spacial score (nSPS) is 11.3. The van der Waals surface area contributed by atoms with E-state index in [-0.39, 0.29) is 0 Å². The summed E-state index contributed by atoms with van der Waals surface area (Å²) in [5, 5.41) is 23.3. The van der Waals surface area contributed by atoms with Gasteiger partial charge in [-0.2, -0.15) is 10.5 Å². The smallest absolute Gasteiger partial charge is 0.135 e. The summed E-state index contributed by atoms with van der Waals surface area (Å²) in [6.45, 7) is 0. The van der Waals surface area contributed by atoms with Crippen LogP contribution in [-0.2, 0) is 0 Å². The van der Waals surface area contributed by atoms with E-state index in [1.807, 2.05) is 78.9 Å². The van der Waals surface area contributed by atoms with Gasteiger partial charge in [-0.1, -0.05) is 54.6 Å². The number of nitriles is 2. The van der Waals surface area contributed by atoms with Crippen molar-refractivity contribution in [1.29, 1.82) is 10.5 Å². The van der Waals surface area contributed by atoms with Crippen molar-refractivity contribution in [3.8, 4) is 40.1 Å². The molecule has 0 amide bonds. The molecule has 194 valence electrons. The van der Waals surface area contributed by atoms with E-state index in [1.165, 1.54) is 0 Å². The molecule has 0 bridgehead atoms. The van der Waals surface area contributed by atoms with Crippen LogP contribution >= 0.6 is 0 Å². The highest BCUT2D eigenvalue weighted by atomic mass is 16.3. The van der Waals surface area contributed by atoms with Gasteiger partial charge >= 0.3 is 0 Å². The molecule has 0 spiro atoms. The molecule has 6 aromatic carbocycles. The van der Waals surface area contributed by atoms with Crippen molar-refractivity contribution in [2.75, 3.05) is 0 Å². The fraction of sp³-hybridized carbons (Fsp3) is 0. The number of hydrogen-bond acceptors (Lipinski definition) is 3. The third-order valence-corrected chi connectivity index (χ3v) is 8.04. The van der Waals surface area contributed by atoms with Gasteiger partial charge in [-0.3, -0.25) is 0 Å². The fourth-order valence-corrected chi connectivity index (χ4v) is 6.04. The lowest BCUT2D eigenvalue weighted by Crippen LogP contribution is -1.96. The lowest BCUT2D eigenvalue weighted by Gasteiger charge is -2.14. The first-order chi connectivity index (χ1) is 20.7. The molecule has 0 saturated heterocycles. The summed E-state index contributed by atoms with van der Waals surface area (Å²) in [7, 11) is 0. The molecule has 2 heterocycles. The van der Waals surface area contributed by atoms with E-state index in [0.717, 1.165) is 71.7 Å². The van der Waals surface area contributed by atoms with Crippen LogP contribution in [0.5, 0.6) is 0 Å². The number of aromatic nitrogens is 1. The summed E-state index contributed by atoms with van der Waals surface area (Å²) in [4.78, 5) is 0. The Morgan fingerprint density at radius 2 is 1.10 bits per heavy atom. The minimum Gasteiger partial charge on any atom is -0.456 e. The van der Waals surface area contributed by atoms with Crippen molar-refractivity contribution >= 4 is 43.7 Å². The Morgan fingerprint density at radius 3 is 1.90 bits per heavy atom. The monoisotopic (exact) mass is 535 g/mol. The van der Waals surface area contributed by atoms with Crippen LogP contribution in [-0.4, -0.2) is 4.57 Å². The van der Waals surface area contributed by atoms with Crippen molar-refractivity contribution in [3.05, 3.63) is 139 Å². The number of rotatable bonds is 3. The van der Waals surface area contributed by atoms with E-state index in [4.69, 9.17) is 4.42 Å². The molecule has 4 nitrogen and oxygen atoms in total. The molecule has 0 aliphatic heterocycles. The highest BCUT2D eigenvalue weighted by Gasteiger charge is 2.16. The van der Waals surface area contributed by atoms with Gasteiger partial charge in [0.1, 0.15) is 11.2 Å². The van der Waals surface area contributed by atoms with Crippen molar-refractivity contribution in [2.45, 2.75) is 0 Å². The van der Waals surface area contributed by atoms with E-state index in [0.29, 0.717) is 11.1 Å². The maximum Gasteiger partial charge on any atom is 0.135 e. The number of furan rings is 1. The molecular weight excluding hydrogens is 514 g/mol. The Balaban J connectivity index is 1.42. The van der Waals surface area contributed by atoms with Crippen LogP contribution in [0.1, 0.15) is 11.1 Å². The predicted octanol–water partition coefficient (Wildman–Crippen LogP) is 9.76. The van der Waals surface area contributed by atoms with Gasteiger partial charge in [0.05, 0.1) is 34.3 Å². The molecule has 0 unspecified atom stereocenters. The predicted molar refractivity (Wildman–Crippen MR) is 168 cm³/mol. The standard InChI is InChI=1S/C38H21N3O/c39-22-24-9-12-26(13-10-24)28-18-29(27-14-16-38-34(21-27)32-6-2-4-8-37(32)42-38)20-30(19-28)41-35-7-3-1-5-31(35)33-17-25(23-40)11-15-36(33)41/h1-21H. The van der Waals surface area contributed by atoms with E-state index < -0.39 is 0 Å². The molecule has 42 heavy (non-hydrogen) atoms. The maximum absolute atomic E-state index is 9.60. The second kappa shape index (κ2) is 9.24. The number of benzene rings is 6. The van der Waals surface area contributed by atoms with Crippen LogP contribution in [0, 0.1) is 22.7 Å². The maximum atomic E-state index is 9.60. The number of hydrogen-bond donors (Lipinski definition) is 0. The first-order valence-electron chi connectivity index (χ1n) is 13.7. The quantitative estimate of drug-likeness (QED) is 0.226. The summed E-state index contributed by atoms with van der Waals surface area (Å²) >= 11 is 0. The van der Waals surface area contributed by atoms with E-state index in [9.17, 15) is 10.5 Å². The van der Waals surface area contributed by atoms with Crippen molar-refractivity contribution in [3.63, 3.8) is 0 Å². The second-order valence-corrected chi connectivity index (χ2v) is 10.5. The molecule has 2 aromatic heterocycles. The van der Waals surface area contributed by atoms with Crippen molar-refractivity contribution < 1.29 is 4.42 Å². The SMILES string of the molecule is N#Cc1ccc(-c2cc(-c3ccc4oc5ccccc5c4c3)cc(-n3c4ccccc4c4cc(C#N)ccc43)c2)cc1. The Morgan fingerprint density at radius 1 is 0.452 bits per heavy atom. The van der Waals surface area contributed by atoms with Gasteiger partial charge in [0.2, 0.25) is 0 Å². The molecule has 4 heteroatoms. The highest BCUT2D eigenvalue weighted by Crippen LogP contribution is 2.38. The zero-order valence-corrected chi connectivity index (χ0v) is 22.4. The van der Waals surface area contributed by atoms with Crippen LogP contribution in [0.15, 0.2) is 132 Å². The number of para-hydroxylation sites is 2. The second-order valence-electron chi connectivity index (χ2n) is 10.5. The first kappa shape index (κ1) is 23.8. The minimum absolute atomic E-state index is 0.628. The van der Waals surface area contributed by atoms with Crippen LogP contribution < -0.4 is 0 Å². The molecule has 0 fully saturated rings. The van der Waals surface area contributed by atoms with Crippen molar-refractivity contribution in [1.82, 2.24) is 4.57 Å². The van der Waals surface area contributed by atoms with Crippen LogP contribution in [0.25, 0.3) is 71.7 Å². The molecule has 0 saturated carbocycles. The third-order valence-electron chi connectivity index (χ3n) is 8.04. The summed E-state index contributed by atoms with van der Waals surface area (Å²) in [6, 6.07) is 47.5. The Hall–Kier alpha value is -6.10. The fourth-order valence-electron chi connectivity index (χ4n) is 6.04. The molecule has 8 rings (SSSR count). The van der Waals surface area contributed by atoms with Crippen molar-refractivity contribution in [2.24, 2.45) is 0 Å². The summed E-state index contributed by atoms with van der Waals surface area (Å²) in [5.41, 5.74) is 10.3. The summed E-state index contributed by atoms with van der Waals surface area (Å²) in [6.07, 6.45) is 0. The average molecular weight is 536 g/mol. The van der Waals surface area contributed by atoms with Gasteiger partial charge < -0.3 is 8.98 Å². The number of nitrogens with zero attached hydrogens (tertiary/aromatic N) is 3. The van der Waals surface area contributed by atoms with Crippen LogP contribution in [0.2, 0.25) is 0 Å². The molecule has 8 aromatic rings.